The van der Waals surface area contributed by atoms with E-state index in [-0.39, 0.29) is 11.8 Å². The second-order valence-electron chi connectivity index (χ2n) is 5.61. The third-order valence-electron chi connectivity index (χ3n) is 4.30. The van der Waals surface area contributed by atoms with Crippen LogP contribution in [0.3, 0.4) is 0 Å². The monoisotopic (exact) mass is 352 g/mol. The molecule has 0 radical (unpaired) electrons. The Morgan fingerprint density at radius 3 is 2.38 bits per heavy atom. The van der Waals surface area contributed by atoms with E-state index in [0.29, 0.717) is 19.4 Å². The summed E-state index contributed by atoms with van der Waals surface area (Å²) in [4.78, 5) is 26.8. The SMILES string of the molecule is CCC1NC(=O)C(C)(CC)N(Cc2ccc(Br)cc2)C1=O. The average molecular weight is 353 g/mol. The van der Waals surface area contributed by atoms with Gasteiger partial charge < -0.3 is 10.2 Å². The van der Waals surface area contributed by atoms with Crippen LogP contribution in [-0.4, -0.2) is 28.3 Å². The molecule has 114 valence electrons. The molecule has 1 saturated heterocycles. The molecule has 0 bridgehead atoms. The molecular weight excluding hydrogens is 332 g/mol. The van der Waals surface area contributed by atoms with Crippen LogP contribution in [0.1, 0.15) is 39.2 Å². The van der Waals surface area contributed by atoms with Gasteiger partial charge in [0, 0.05) is 11.0 Å². The quantitative estimate of drug-likeness (QED) is 0.905. The van der Waals surface area contributed by atoms with Crippen molar-refractivity contribution < 1.29 is 9.59 Å². The third kappa shape index (κ3) is 2.98. The molecule has 1 aliphatic heterocycles. The summed E-state index contributed by atoms with van der Waals surface area (Å²) in [5.41, 5.74) is 0.242. The van der Waals surface area contributed by atoms with Crippen molar-refractivity contribution in [1.82, 2.24) is 10.2 Å². The minimum absolute atomic E-state index is 0.00405. The van der Waals surface area contributed by atoms with Gasteiger partial charge in [-0.2, -0.15) is 0 Å². The van der Waals surface area contributed by atoms with E-state index in [2.05, 4.69) is 21.2 Å². The van der Waals surface area contributed by atoms with Crippen LogP contribution < -0.4 is 5.32 Å². The van der Waals surface area contributed by atoms with Crippen LogP contribution >= 0.6 is 15.9 Å². The van der Waals surface area contributed by atoms with Crippen molar-refractivity contribution in [3.8, 4) is 0 Å². The number of hydrogen-bond donors (Lipinski definition) is 1. The molecule has 2 atom stereocenters. The fourth-order valence-corrected chi connectivity index (χ4v) is 2.85. The summed E-state index contributed by atoms with van der Waals surface area (Å²) < 4.78 is 0.999. The number of amides is 2. The Balaban J connectivity index is 2.32. The minimum atomic E-state index is -0.782. The highest BCUT2D eigenvalue weighted by atomic mass is 79.9. The van der Waals surface area contributed by atoms with E-state index in [9.17, 15) is 9.59 Å². The highest BCUT2D eigenvalue weighted by molar-refractivity contribution is 9.10. The number of nitrogens with zero attached hydrogens (tertiary/aromatic N) is 1. The minimum Gasteiger partial charge on any atom is -0.342 e. The summed E-state index contributed by atoms with van der Waals surface area (Å²) in [6, 6.07) is 7.43. The van der Waals surface area contributed by atoms with Crippen LogP contribution in [0, 0.1) is 0 Å². The van der Waals surface area contributed by atoms with Crippen LogP contribution in [0.25, 0.3) is 0 Å². The van der Waals surface area contributed by atoms with Gasteiger partial charge in [0.1, 0.15) is 11.6 Å². The number of halogens is 1. The summed E-state index contributed by atoms with van der Waals surface area (Å²) in [6.07, 6.45) is 1.21. The smallest absolute Gasteiger partial charge is 0.246 e. The number of piperazine rings is 1. The molecule has 1 aliphatic rings. The molecule has 21 heavy (non-hydrogen) atoms. The van der Waals surface area contributed by atoms with Crippen LogP contribution in [0.4, 0.5) is 0 Å². The predicted molar refractivity (Wildman–Crippen MR) is 85.6 cm³/mol. The molecule has 0 aliphatic carbocycles. The van der Waals surface area contributed by atoms with E-state index in [0.717, 1.165) is 10.0 Å². The lowest BCUT2D eigenvalue weighted by atomic mass is 9.89. The van der Waals surface area contributed by atoms with Gasteiger partial charge in [0.25, 0.3) is 0 Å². The molecule has 0 spiro atoms. The first kappa shape index (κ1) is 16.0. The van der Waals surface area contributed by atoms with Gasteiger partial charge in [-0.25, -0.2) is 0 Å². The molecule has 2 amide bonds. The molecule has 4 nitrogen and oxygen atoms in total. The number of hydrogen-bond acceptors (Lipinski definition) is 2. The first-order chi connectivity index (χ1) is 9.92. The fourth-order valence-electron chi connectivity index (χ4n) is 2.58. The number of carbonyl (C=O) groups is 2. The third-order valence-corrected chi connectivity index (χ3v) is 4.83. The molecule has 2 unspecified atom stereocenters. The second kappa shape index (κ2) is 6.18. The highest BCUT2D eigenvalue weighted by Gasteiger charge is 2.47. The van der Waals surface area contributed by atoms with Crippen molar-refractivity contribution in [2.45, 2.75) is 51.7 Å². The molecule has 0 saturated carbocycles. The van der Waals surface area contributed by atoms with Gasteiger partial charge >= 0.3 is 0 Å². The topological polar surface area (TPSA) is 49.4 Å². The van der Waals surface area contributed by atoms with E-state index >= 15 is 0 Å². The fraction of sp³-hybridized carbons (Fsp3) is 0.500. The summed E-state index contributed by atoms with van der Waals surface area (Å²) in [7, 11) is 0. The lowest BCUT2D eigenvalue weighted by molar-refractivity contribution is -0.157. The van der Waals surface area contributed by atoms with Crippen LogP contribution in [0.2, 0.25) is 0 Å². The molecule has 2 rings (SSSR count). The van der Waals surface area contributed by atoms with Crippen LogP contribution in [-0.2, 0) is 16.1 Å². The number of rotatable bonds is 4. The molecule has 1 N–H and O–H groups in total. The van der Waals surface area contributed by atoms with Crippen molar-refractivity contribution in [1.29, 1.82) is 0 Å². The Hall–Kier alpha value is -1.36. The van der Waals surface area contributed by atoms with Crippen molar-refractivity contribution in [3.63, 3.8) is 0 Å². The van der Waals surface area contributed by atoms with Gasteiger partial charge in [0.15, 0.2) is 0 Å². The van der Waals surface area contributed by atoms with E-state index in [1.165, 1.54) is 0 Å². The second-order valence-corrected chi connectivity index (χ2v) is 6.53. The first-order valence-corrected chi connectivity index (χ1v) is 8.08. The van der Waals surface area contributed by atoms with E-state index in [4.69, 9.17) is 0 Å². The molecule has 1 heterocycles. The van der Waals surface area contributed by atoms with Gasteiger partial charge in [0.05, 0.1) is 0 Å². The standard InChI is InChI=1S/C16H21BrN2O2/c1-4-13-14(20)19(16(3,5-2)15(21)18-13)10-11-6-8-12(17)9-7-11/h6-9,13H,4-5,10H2,1-3H3,(H,18,21). The van der Waals surface area contributed by atoms with Crippen molar-refractivity contribution >= 4 is 27.7 Å². The molecular formula is C16H21BrN2O2. The molecule has 5 heteroatoms. The molecule has 0 aromatic heterocycles. The predicted octanol–water partition coefficient (Wildman–Crippen LogP) is 2.85. The summed E-state index contributed by atoms with van der Waals surface area (Å²) in [5, 5.41) is 2.84. The zero-order valence-electron chi connectivity index (χ0n) is 12.6. The molecule has 1 fully saturated rings. The maximum atomic E-state index is 12.6. The van der Waals surface area contributed by atoms with Crippen LogP contribution in [0.5, 0.6) is 0 Å². The Morgan fingerprint density at radius 1 is 1.24 bits per heavy atom. The van der Waals surface area contributed by atoms with Gasteiger partial charge in [0.2, 0.25) is 11.8 Å². The lowest BCUT2D eigenvalue weighted by Gasteiger charge is -2.46. The zero-order valence-corrected chi connectivity index (χ0v) is 14.2. The largest absolute Gasteiger partial charge is 0.342 e. The summed E-state index contributed by atoms with van der Waals surface area (Å²) in [6.45, 7) is 6.15. The first-order valence-electron chi connectivity index (χ1n) is 7.29. The van der Waals surface area contributed by atoms with Crippen molar-refractivity contribution in [2.75, 3.05) is 0 Å². The Labute approximate surface area is 134 Å². The number of carbonyl (C=O) groups excluding carboxylic acids is 2. The zero-order chi connectivity index (χ0) is 15.6. The van der Waals surface area contributed by atoms with Crippen LogP contribution in [0.15, 0.2) is 28.7 Å². The van der Waals surface area contributed by atoms with Crippen molar-refractivity contribution in [3.05, 3.63) is 34.3 Å². The number of nitrogens with one attached hydrogen (secondary N) is 1. The Morgan fingerprint density at radius 2 is 1.86 bits per heavy atom. The van der Waals surface area contributed by atoms with Gasteiger partial charge in [-0.3, -0.25) is 9.59 Å². The lowest BCUT2D eigenvalue weighted by Crippen LogP contribution is -2.68. The van der Waals surface area contributed by atoms with Gasteiger partial charge in [-0.05, 0) is 37.5 Å². The van der Waals surface area contributed by atoms with Gasteiger partial charge in [-0.1, -0.05) is 41.9 Å². The number of benzene rings is 1. The average Bonchev–Trinajstić information content (AvgIpc) is 2.49. The highest BCUT2D eigenvalue weighted by Crippen LogP contribution is 2.28. The summed E-state index contributed by atoms with van der Waals surface area (Å²) in [5.74, 6) is -0.0575. The normalized spacial score (nSPS) is 25.9. The molecule has 1 aromatic carbocycles. The van der Waals surface area contributed by atoms with E-state index < -0.39 is 11.6 Å². The Bertz CT molecular complexity index is 544. The maximum Gasteiger partial charge on any atom is 0.246 e. The van der Waals surface area contributed by atoms with Crippen molar-refractivity contribution in [2.24, 2.45) is 0 Å². The van der Waals surface area contributed by atoms with E-state index in [1.807, 2.05) is 45.0 Å². The maximum absolute atomic E-state index is 12.6. The molecule has 1 aromatic rings. The van der Waals surface area contributed by atoms with Gasteiger partial charge in [-0.15, -0.1) is 0 Å². The van der Waals surface area contributed by atoms with E-state index in [1.54, 1.807) is 4.90 Å². The Kier molecular flexibility index (Phi) is 4.71. The summed E-state index contributed by atoms with van der Waals surface area (Å²) >= 11 is 3.40.